The average molecular weight is 316 g/mol. The van der Waals surface area contributed by atoms with Crippen molar-refractivity contribution < 1.29 is 14.3 Å². The third-order valence-electron chi connectivity index (χ3n) is 3.34. The third kappa shape index (κ3) is 5.21. The molecule has 0 bridgehead atoms. The number of methoxy groups -OCH3 is 1. The molecule has 7 heteroatoms. The molecule has 0 saturated carbocycles. The Morgan fingerprint density at radius 1 is 1.22 bits per heavy atom. The van der Waals surface area contributed by atoms with E-state index in [0.29, 0.717) is 19.4 Å². The highest BCUT2D eigenvalue weighted by molar-refractivity contribution is 5.77. The fourth-order valence-electron chi connectivity index (χ4n) is 2.10. The van der Waals surface area contributed by atoms with Gasteiger partial charge in [-0.05, 0) is 18.1 Å². The van der Waals surface area contributed by atoms with Gasteiger partial charge in [0, 0.05) is 56.2 Å². The number of esters is 1. The Hall–Kier alpha value is -2.70. The monoisotopic (exact) mass is 316 g/mol. The summed E-state index contributed by atoms with van der Waals surface area (Å²) in [6.45, 7) is 0.401. The number of carbonyl (C=O) groups is 2. The highest BCUT2D eigenvalue weighted by Gasteiger charge is 2.06. The SMILES string of the molecule is COC(=O)CCCC(=O)NCc1cncc(-c2cnn(C)c2)c1. The molecule has 0 saturated heterocycles. The Balaban J connectivity index is 1.84. The number of aryl methyl sites for hydroxylation is 1. The van der Waals surface area contributed by atoms with E-state index in [0.717, 1.165) is 16.7 Å². The lowest BCUT2D eigenvalue weighted by Gasteiger charge is -2.06. The number of nitrogens with zero attached hydrogens (tertiary/aromatic N) is 3. The zero-order valence-electron chi connectivity index (χ0n) is 13.3. The number of aromatic nitrogens is 3. The van der Waals surface area contributed by atoms with E-state index >= 15 is 0 Å². The Morgan fingerprint density at radius 3 is 2.74 bits per heavy atom. The molecule has 0 atom stereocenters. The molecule has 0 unspecified atom stereocenters. The Morgan fingerprint density at radius 2 is 2.04 bits per heavy atom. The highest BCUT2D eigenvalue weighted by atomic mass is 16.5. The molecule has 0 aliphatic carbocycles. The molecule has 2 rings (SSSR count). The number of amides is 1. The summed E-state index contributed by atoms with van der Waals surface area (Å²) in [5.74, 6) is -0.396. The number of rotatable bonds is 7. The third-order valence-corrected chi connectivity index (χ3v) is 3.34. The van der Waals surface area contributed by atoms with Gasteiger partial charge in [0.1, 0.15) is 0 Å². The first-order valence-electron chi connectivity index (χ1n) is 7.35. The quantitative estimate of drug-likeness (QED) is 0.781. The molecule has 0 fully saturated rings. The molecule has 1 N–H and O–H groups in total. The molecule has 23 heavy (non-hydrogen) atoms. The summed E-state index contributed by atoms with van der Waals surface area (Å²) in [7, 11) is 3.19. The molecule has 0 radical (unpaired) electrons. The predicted molar refractivity (Wildman–Crippen MR) is 84.2 cm³/mol. The molecular formula is C16H20N4O3. The Bertz CT molecular complexity index is 681. The van der Waals surface area contributed by atoms with Crippen molar-refractivity contribution in [1.82, 2.24) is 20.1 Å². The van der Waals surface area contributed by atoms with Gasteiger partial charge >= 0.3 is 5.97 Å². The van der Waals surface area contributed by atoms with Crippen LogP contribution in [0.3, 0.4) is 0 Å². The summed E-state index contributed by atoms with van der Waals surface area (Å²) in [6, 6.07) is 1.97. The molecule has 2 heterocycles. The standard InChI is InChI=1S/C16H20N4O3/c1-20-11-14(10-19-20)13-6-12(7-17-9-13)8-18-15(21)4-3-5-16(22)23-2/h6-7,9-11H,3-5,8H2,1-2H3,(H,18,21). The Labute approximate surface area is 134 Å². The largest absolute Gasteiger partial charge is 0.469 e. The van der Waals surface area contributed by atoms with Crippen LogP contribution in [-0.4, -0.2) is 33.8 Å². The van der Waals surface area contributed by atoms with Crippen molar-refractivity contribution in [3.05, 3.63) is 36.4 Å². The molecule has 0 spiro atoms. The van der Waals surface area contributed by atoms with Crippen LogP contribution in [0.5, 0.6) is 0 Å². The summed E-state index contributed by atoms with van der Waals surface area (Å²) < 4.78 is 6.26. The first-order valence-corrected chi connectivity index (χ1v) is 7.35. The topological polar surface area (TPSA) is 86.1 Å². The second kappa shape index (κ2) is 8.07. The predicted octanol–water partition coefficient (Wildman–Crippen LogP) is 1.44. The van der Waals surface area contributed by atoms with E-state index in [1.807, 2.05) is 19.3 Å². The van der Waals surface area contributed by atoms with E-state index in [1.165, 1.54) is 7.11 Å². The summed E-state index contributed by atoms with van der Waals surface area (Å²) in [4.78, 5) is 26.9. The fourth-order valence-corrected chi connectivity index (χ4v) is 2.10. The van der Waals surface area contributed by atoms with Crippen LogP contribution in [0.1, 0.15) is 24.8 Å². The smallest absolute Gasteiger partial charge is 0.305 e. The molecule has 0 aliphatic heterocycles. The number of carbonyl (C=O) groups excluding carboxylic acids is 2. The van der Waals surface area contributed by atoms with Crippen LogP contribution in [-0.2, 0) is 27.9 Å². The normalized spacial score (nSPS) is 10.3. The number of nitrogens with one attached hydrogen (secondary N) is 1. The van der Waals surface area contributed by atoms with E-state index in [-0.39, 0.29) is 18.3 Å². The summed E-state index contributed by atoms with van der Waals surface area (Å²) >= 11 is 0. The maximum Gasteiger partial charge on any atom is 0.305 e. The van der Waals surface area contributed by atoms with Crippen LogP contribution >= 0.6 is 0 Å². The number of ether oxygens (including phenoxy) is 1. The van der Waals surface area contributed by atoms with Gasteiger partial charge in [-0.3, -0.25) is 19.3 Å². The van der Waals surface area contributed by atoms with E-state index in [1.54, 1.807) is 23.3 Å². The van der Waals surface area contributed by atoms with Gasteiger partial charge in [-0.25, -0.2) is 0 Å². The maximum atomic E-state index is 11.7. The first kappa shape index (κ1) is 16.7. The number of hydrogen-bond donors (Lipinski definition) is 1. The molecule has 7 nitrogen and oxygen atoms in total. The van der Waals surface area contributed by atoms with Crippen molar-refractivity contribution in [2.75, 3.05) is 7.11 Å². The summed E-state index contributed by atoms with van der Waals surface area (Å²) in [6.07, 6.45) is 8.19. The van der Waals surface area contributed by atoms with Gasteiger partial charge in [0.2, 0.25) is 5.91 Å². The summed E-state index contributed by atoms with van der Waals surface area (Å²) in [5.41, 5.74) is 2.84. The molecular weight excluding hydrogens is 296 g/mol. The molecule has 2 aromatic heterocycles. The molecule has 1 amide bonds. The lowest BCUT2D eigenvalue weighted by atomic mass is 10.1. The van der Waals surface area contributed by atoms with Crippen LogP contribution < -0.4 is 5.32 Å². The second-order valence-electron chi connectivity index (χ2n) is 5.19. The number of hydrogen-bond acceptors (Lipinski definition) is 5. The van der Waals surface area contributed by atoms with Crippen LogP contribution in [0.4, 0.5) is 0 Å². The Kier molecular flexibility index (Phi) is 5.85. The lowest BCUT2D eigenvalue weighted by Crippen LogP contribution is -2.22. The van der Waals surface area contributed by atoms with Crippen molar-refractivity contribution in [2.24, 2.45) is 7.05 Å². The van der Waals surface area contributed by atoms with Crippen molar-refractivity contribution in [1.29, 1.82) is 0 Å². The van der Waals surface area contributed by atoms with Gasteiger partial charge in [0.25, 0.3) is 0 Å². The van der Waals surface area contributed by atoms with E-state index < -0.39 is 0 Å². The van der Waals surface area contributed by atoms with Crippen LogP contribution in [0.15, 0.2) is 30.9 Å². The van der Waals surface area contributed by atoms with Crippen molar-refractivity contribution >= 4 is 11.9 Å². The number of pyridine rings is 1. The minimum Gasteiger partial charge on any atom is -0.469 e. The van der Waals surface area contributed by atoms with Crippen molar-refractivity contribution in [3.63, 3.8) is 0 Å². The highest BCUT2D eigenvalue weighted by Crippen LogP contribution is 2.18. The zero-order chi connectivity index (χ0) is 16.7. The van der Waals surface area contributed by atoms with Crippen LogP contribution in [0.25, 0.3) is 11.1 Å². The molecule has 122 valence electrons. The minimum atomic E-state index is -0.300. The molecule has 0 aromatic carbocycles. The second-order valence-corrected chi connectivity index (χ2v) is 5.19. The fraction of sp³-hybridized carbons (Fsp3) is 0.375. The van der Waals surface area contributed by atoms with E-state index in [2.05, 4.69) is 20.1 Å². The first-order chi connectivity index (χ1) is 11.1. The van der Waals surface area contributed by atoms with E-state index in [9.17, 15) is 9.59 Å². The van der Waals surface area contributed by atoms with Gasteiger partial charge < -0.3 is 10.1 Å². The summed E-state index contributed by atoms with van der Waals surface area (Å²) in [5, 5.41) is 6.96. The molecule has 0 aliphatic rings. The van der Waals surface area contributed by atoms with Gasteiger partial charge in [0.05, 0.1) is 13.3 Å². The van der Waals surface area contributed by atoms with Gasteiger partial charge in [0.15, 0.2) is 0 Å². The lowest BCUT2D eigenvalue weighted by molar-refractivity contribution is -0.140. The molecule has 2 aromatic rings. The van der Waals surface area contributed by atoms with Crippen LogP contribution in [0.2, 0.25) is 0 Å². The van der Waals surface area contributed by atoms with Crippen molar-refractivity contribution in [3.8, 4) is 11.1 Å². The van der Waals surface area contributed by atoms with Gasteiger partial charge in [-0.15, -0.1) is 0 Å². The van der Waals surface area contributed by atoms with Gasteiger partial charge in [-0.2, -0.15) is 5.10 Å². The maximum absolute atomic E-state index is 11.7. The zero-order valence-corrected chi connectivity index (χ0v) is 13.3. The average Bonchev–Trinajstić information content (AvgIpc) is 2.99. The van der Waals surface area contributed by atoms with E-state index in [4.69, 9.17) is 0 Å². The van der Waals surface area contributed by atoms with Crippen molar-refractivity contribution in [2.45, 2.75) is 25.8 Å². The van der Waals surface area contributed by atoms with Crippen LogP contribution in [0, 0.1) is 0 Å². The van der Waals surface area contributed by atoms with Gasteiger partial charge in [-0.1, -0.05) is 0 Å². The minimum absolute atomic E-state index is 0.0966.